The zero-order chi connectivity index (χ0) is 12.9. The number of hydrogen-bond acceptors (Lipinski definition) is 4. The minimum absolute atomic E-state index is 0.346. The summed E-state index contributed by atoms with van der Waals surface area (Å²) in [5.41, 5.74) is 6.37. The molecule has 0 spiro atoms. The highest BCUT2D eigenvalue weighted by molar-refractivity contribution is 5.75. The van der Waals surface area contributed by atoms with Crippen molar-refractivity contribution in [3.63, 3.8) is 0 Å². The van der Waals surface area contributed by atoms with Crippen molar-refractivity contribution in [3.8, 4) is 0 Å². The number of pyridine rings is 1. The standard InChI is InChI=1S/C13H20N2O2/c1-13(2,3)17-12(16)11(14)7-6-10-5-4-8-15-9-10/h4-5,8-9,11H,6-7,14H2,1-3H3. The first-order valence-electron chi connectivity index (χ1n) is 5.76. The average molecular weight is 236 g/mol. The minimum Gasteiger partial charge on any atom is -0.459 e. The number of hydrogen-bond donors (Lipinski definition) is 1. The lowest BCUT2D eigenvalue weighted by atomic mass is 10.1. The Morgan fingerprint density at radius 3 is 2.76 bits per heavy atom. The number of aromatic nitrogens is 1. The Morgan fingerprint density at radius 1 is 1.53 bits per heavy atom. The maximum absolute atomic E-state index is 11.6. The zero-order valence-corrected chi connectivity index (χ0v) is 10.6. The van der Waals surface area contributed by atoms with E-state index >= 15 is 0 Å². The predicted octanol–water partition coefficient (Wildman–Crippen LogP) is 1.68. The summed E-state index contributed by atoms with van der Waals surface area (Å²) in [6.45, 7) is 5.50. The summed E-state index contributed by atoms with van der Waals surface area (Å²) in [7, 11) is 0. The van der Waals surface area contributed by atoms with Gasteiger partial charge in [0.1, 0.15) is 11.6 Å². The molecule has 0 radical (unpaired) electrons. The van der Waals surface area contributed by atoms with E-state index in [2.05, 4.69) is 4.98 Å². The number of nitrogens with two attached hydrogens (primary N) is 1. The Labute approximate surface area is 102 Å². The molecular weight excluding hydrogens is 216 g/mol. The van der Waals surface area contributed by atoms with E-state index in [0.717, 1.165) is 12.0 Å². The van der Waals surface area contributed by atoms with Gasteiger partial charge in [0.15, 0.2) is 0 Å². The first kappa shape index (κ1) is 13.6. The highest BCUT2D eigenvalue weighted by Gasteiger charge is 2.21. The number of nitrogens with zero attached hydrogens (tertiary/aromatic N) is 1. The van der Waals surface area contributed by atoms with Crippen molar-refractivity contribution in [1.82, 2.24) is 4.98 Å². The van der Waals surface area contributed by atoms with Gasteiger partial charge in [-0.2, -0.15) is 0 Å². The molecule has 94 valence electrons. The van der Waals surface area contributed by atoms with Gasteiger partial charge in [-0.3, -0.25) is 9.78 Å². The van der Waals surface area contributed by atoms with Gasteiger partial charge in [0.2, 0.25) is 0 Å². The van der Waals surface area contributed by atoms with Crippen LogP contribution in [0.3, 0.4) is 0 Å². The smallest absolute Gasteiger partial charge is 0.323 e. The Hall–Kier alpha value is -1.42. The van der Waals surface area contributed by atoms with Crippen molar-refractivity contribution in [2.24, 2.45) is 5.73 Å². The molecular formula is C13H20N2O2. The van der Waals surface area contributed by atoms with E-state index < -0.39 is 11.6 Å². The molecule has 0 aliphatic heterocycles. The first-order chi connectivity index (χ1) is 7.88. The molecule has 1 heterocycles. The second-order valence-electron chi connectivity index (χ2n) is 5.04. The van der Waals surface area contributed by atoms with Crippen LogP contribution >= 0.6 is 0 Å². The van der Waals surface area contributed by atoms with E-state index in [1.165, 1.54) is 0 Å². The van der Waals surface area contributed by atoms with E-state index in [-0.39, 0.29) is 5.97 Å². The molecule has 1 unspecified atom stereocenters. The molecule has 1 aromatic rings. The molecule has 1 aromatic heterocycles. The summed E-state index contributed by atoms with van der Waals surface area (Å²) in [4.78, 5) is 15.6. The first-order valence-corrected chi connectivity index (χ1v) is 5.76. The number of rotatable bonds is 4. The fourth-order valence-electron chi connectivity index (χ4n) is 1.36. The topological polar surface area (TPSA) is 65.2 Å². The number of aryl methyl sites for hydroxylation is 1. The van der Waals surface area contributed by atoms with Gasteiger partial charge in [0, 0.05) is 12.4 Å². The van der Waals surface area contributed by atoms with Gasteiger partial charge in [-0.05, 0) is 45.2 Å². The Kier molecular flexibility index (Phi) is 4.63. The van der Waals surface area contributed by atoms with Crippen molar-refractivity contribution < 1.29 is 9.53 Å². The lowest BCUT2D eigenvalue weighted by Crippen LogP contribution is -2.37. The van der Waals surface area contributed by atoms with Crippen LogP contribution < -0.4 is 5.73 Å². The maximum Gasteiger partial charge on any atom is 0.323 e. The van der Waals surface area contributed by atoms with E-state index in [4.69, 9.17) is 10.5 Å². The normalized spacial score (nSPS) is 13.2. The molecule has 1 rings (SSSR count). The third kappa shape index (κ3) is 5.45. The average Bonchev–Trinajstić information content (AvgIpc) is 2.25. The van der Waals surface area contributed by atoms with Crippen LogP contribution in [0.25, 0.3) is 0 Å². The van der Waals surface area contributed by atoms with Crippen LogP contribution in [0.2, 0.25) is 0 Å². The summed E-state index contributed by atoms with van der Waals surface area (Å²) in [6, 6.07) is 3.26. The van der Waals surface area contributed by atoms with E-state index in [1.54, 1.807) is 12.4 Å². The summed E-state index contributed by atoms with van der Waals surface area (Å²) >= 11 is 0. The molecule has 0 aliphatic carbocycles. The Bertz CT molecular complexity index is 357. The largest absolute Gasteiger partial charge is 0.459 e. The Balaban J connectivity index is 2.40. The van der Waals surface area contributed by atoms with Crippen LogP contribution in [0.15, 0.2) is 24.5 Å². The molecule has 1 atom stereocenters. The fraction of sp³-hybridized carbons (Fsp3) is 0.538. The Morgan fingerprint density at radius 2 is 2.24 bits per heavy atom. The van der Waals surface area contributed by atoms with Gasteiger partial charge in [0.25, 0.3) is 0 Å². The molecule has 0 saturated heterocycles. The van der Waals surface area contributed by atoms with Gasteiger partial charge < -0.3 is 10.5 Å². The molecule has 17 heavy (non-hydrogen) atoms. The van der Waals surface area contributed by atoms with Crippen LogP contribution in [0, 0.1) is 0 Å². The van der Waals surface area contributed by atoms with Crippen LogP contribution in [0.4, 0.5) is 0 Å². The summed E-state index contributed by atoms with van der Waals surface area (Å²) in [5.74, 6) is -0.346. The maximum atomic E-state index is 11.6. The molecule has 0 saturated carbocycles. The third-order valence-corrected chi connectivity index (χ3v) is 2.18. The van der Waals surface area contributed by atoms with Gasteiger partial charge >= 0.3 is 5.97 Å². The molecule has 4 heteroatoms. The SMILES string of the molecule is CC(C)(C)OC(=O)C(N)CCc1cccnc1. The van der Waals surface area contributed by atoms with E-state index in [0.29, 0.717) is 6.42 Å². The van der Waals surface area contributed by atoms with Gasteiger partial charge in [-0.25, -0.2) is 0 Å². The fourth-order valence-corrected chi connectivity index (χ4v) is 1.36. The zero-order valence-electron chi connectivity index (χ0n) is 10.6. The second-order valence-corrected chi connectivity index (χ2v) is 5.04. The lowest BCUT2D eigenvalue weighted by Gasteiger charge is -2.22. The van der Waals surface area contributed by atoms with Crippen molar-refractivity contribution in [3.05, 3.63) is 30.1 Å². The molecule has 0 aromatic carbocycles. The third-order valence-electron chi connectivity index (χ3n) is 2.18. The van der Waals surface area contributed by atoms with Crippen molar-refractivity contribution in [2.45, 2.75) is 45.3 Å². The van der Waals surface area contributed by atoms with Crippen LogP contribution in [-0.4, -0.2) is 22.6 Å². The number of carbonyl (C=O) groups is 1. The summed E-state index contributed by atoms with van der Waals surface area (Å²) in [5, 5.41) is 0. The van der Waals surface area contributed by atoms with Crippen molar-refractivity contribution >= 4 is 5.97 Å². The molecule has 0 bridgehead atoms. The van der Waals surface area contributed by atoms with E-state index in [1.807, 2.05) is 32.9 Å². The number of carbonyl (C=O) groups excluding carboxylic acids is 1. The molecule has 2 N–H and O–H groups in total. The quantitative estimate of drug-likeness (QED) is 0.808. The van der Waals surface area contributed by atoms with Crippen LogP contribution in [0.5, 0.6) is 0 Å². The van der Waals surface area contributed by atoms with Gasteiger partial charge in [0.05, 0.1) is 0 Å². The monoisotopic (exact) mass is 236 g/mol. The van der Waals surface area contributed by atoms with Gasteiger partial charge in [-0.15, -0.1) is 0 Å². The highest BCUT2D eigenvalue weighted by Crippen LogP contribution is 2.10. The summed E-state index contributed by atoms with van der Waals surface area (Å²) < 4.78 is 5.21. The van der Waals surface area contributed by atoms with Crippen LogP contribution in [-0.2, 0) is 16.0 Å². The summed E-state index contributed by atoms with van der Waals surface area (Å²) in [6.07, 6.45) is 4.80. The van der Waals surface area contributed by atoms with Crippen molar-refractivity contribution in [2.75, 3.05) is 0 Å². The number of ether oxygens (including phenoxy) is 1. The molecule has 0 amide bonds. The second kappa shape index (κ2) is 5.77. The molecule has 0 aliphatic rings. The number of esters is 1. The van der Waals surface area contributed by atoms with Crippen LogP contribution in [0.1, 0.15) is 32.8 Å². The minimum atomic E-state index is -0.575. The molecule has 4 nitrogen and oxygen atoms in total. The lowest BCUT2D eigenvalue weighted by molar-refractivity contribution is -0.156. The van der Waals surface area contributed by atoms with Gasteiger partial charge in [-0.1, -0.05) is 6.07 Å². The molecule has 0 fully saturated rings. The van der Waals surface area contributed by atoms with Crippen molar-refractivity contribution in [1.29, 1.82) is 0 Å². The highest BCUT2D eigenvalue weighted by atomic mass is 16.6. The predicted molar refractivity (Wildman–Crippen MR) is 66.4 cm³/mol. The van der Waals surface area contributed by atoms with E-state index in [9.17, 15) is 4.79 Å².